The highest BCUT2D eigenvalue weighted by atomic mass is 35.5. The van der Waals surface area contributed by atoms with Gasteiger partial charge in [0, 0.05) is 16.7 Å². The van der Waals surface area contributed by atoms with E-state index in [1.165, 1.54) is 18.2 Å². The standard InChI is InChI=1S/C9H6ClFO2/c10-7-2-3-8(11)6(5-7)1-4-9(12)13/h1-5H,(H,12,13)/b4-1+. The lowest BCUT2D eigenvalue weighted by Gasteiger charge is -1.96. The minimum absolute atomic E-state index is 0.162. The van der Waals surface area contributed by atoms with Crippen molar-refractivity contribution in [1.82, 2.24) is 0 Å². The second-order valence-electron chi connectivity index (χ2n) is 2.34. The molecule has 0 saturated heterocycles. The molecule has 4 heteroatoms. The summed E-state index contributed by atoms with van der Waals surface area (Å²) in [4.78, 5) is 10.1. The normalized spacial score (nSPS) is 10.6. The van der Waals surface area contributed by atoms with Crippen LogP contribution in [-0.4, -0.2) is 11.1 Å². The van der Waals surface area contributed by atoms with E-state index in [-0.39, 0.29) is 5.56 Å². The van der Waals surface area contributed by atoms with E-state index in [1.807, 2.05) is 0 Å². The number of carboxylic acids is 1. The SMILES string of the molecule is O=C(O)/C=C/c1cc(Cl)ccc1F. The average Bonchev–Trinajstić information content (AvgIpc) is 2.06. The van der Waals surface area contributed by atoms with E-state index in [2.05, 4.69) is 0 Å². The summed E-state index contributed by atoms with van der Waals surface area (Å²) in [5.41, 5.74) is 0.162. The molecule has 0 aliphatic rings. The fourth-order valence-corrected chi connectivity index (χ4v) is 0.984. The third kappa shape index (κ3) is 2.87. The Hall–Kier alpha value is -1.35. The van der Waals surface area contributed by atoms with Gasteiger partial charge in [0.1, 0.15) is 5.82 Å². The molecule has 0 radical (unpaired) electrons. The highest BCUT2D eigenvalue weighted by Gasteiger charge is 1.99. The fourth-order valence-electron chi connectivity index (χ4n) is 0.803. The number of rotatable bonds is 2. The molecule has 0 atom stereocenters. The Kier molecular flexibility index (Phi) is 3.03. The van der Waals surface area contributed by atoms with E-state index < -0.39 is 11.8 Å². The van der Waals surface area contributed by atoms with Gasteiger partial charge < -0.3 is 5.11 Å². The molecule has 0 spiro atoms. The van der Waals surface area contributed by atoms with E-state index in [9.17, 15) is 9.18 Å². The minimum atomic E-state index is -1.13. The molecule has 0 bridgehead atoms. The van der Waals surface area contributed by atoms with Crippen LogP contribution in [0.15, 0.2) is 24.3 Å². The molecule has 0 heterocycles. The van der Waals surface area contributed by atoms with E-state index >= 15 is 0 Å². The van der Waals surface area contributed by atoms with Crippen molar-refractivity contribution in [2.75, 3.05) is 0 Å². The number of hydrogen-bond donors (Lipinski definition) is 1. The van der Waals surface area contributed by atoms with Crippen LogP contribution in [0.1, 0.15) is 5.56 Å². The van der Waals surface area contributed by atoms with Gasteiger partial charge in [0.25, 0.3) is 0 Å². The van der Waals surface area contributed by atoms with E-state index in [0.717, 1.165) is 12.2 Å². The monoisotopic (exact) mass is 200 g/mol. The number of carboxylic acid groups (broad SMARTS) is 1. The Labute approximate surface area is 79.3 Å². The van der Waals surface area contributed by atoms with Crippen LogP contribution in [-0.2, 0) is 4.79 Å². The molecule has 0 aliphatic carbocycles. The van der Waals surface area contributed by atoms with E-state index in [1.54, 1.807) is 0 Å². The minimum Gasteiger partial charge on any atom is -0.478 e. The summed E-state index contributed by atoms with van der Waals surface area (Å²) in [5, 5.41) is 8.66. The third-order valence-electron chi connectivity index (χ3n) is 1.36. The van der Waals surface area contributed by atoms with Gasteiger partial charge in [-0.15, -0.1) is 0 Å². The van der Waals surface area contributed by atoms with Gasteiger partial charge in [-0.1, -0.05) is 11.6 Å². The molecule has 1 rings (SSSR count). The van der Waals surface area contributed by atoms with Crippen LogP contribution in [0.4, 0.5) is 4.39 Å². The summed E-state index contributed by atoms with van der Waals surface area (Å²) in [6.07, 6.45) is 2.01. The zero-order chi connectivity index (χ0) is 9.84. The van der Waals surface area contributed by atoms with Gasteiger partial charge in [-0.3, -0.25) is 0 Å². The summed E-state index contributed by atoms with van der Waals surface area (Å²) >= 11 is 5.58. The fraction of sp³-hybridized carbons (Fsp3) is 0. The maximum atomic E-state index is 12.9. The summed E-state index contributed by atoms with van der Waals surface area (Å²) < 4.78 is 12.9. The van der Waals surface area contributed by atoms with Crippen LogP contribution in [0.5, 0.6) is 0 Å². The Balaban J connectivity index is 3.00. The second-order valence-corrected chi connectivity index (χ2v) is 2.77. The lowest BCUT2D eigenvalue weighted by Crippen LogP contribution is -1.87. The predicted octanol–water partition coefficient (Wildman–Crippen LogP) is 2.58. The number of hydrogen-bond acceptors (Lipinski definition) is 1. The van der Waals surface area contributed by atoms with Gasteiger partial charge in [-0.05, 0) is 24.3 Å². The van der Waals surface area contributed by atoms with Crippen molar-refractivity contribution in [3.05, 3.63) is 40.7 Å². The van der Waals surface area contributed by atoms with Gasteiger partial charge in [-0.25, -0.2) is 9.18 Å². The number of halogens is 2. The van der Waals surface area contributed by atoms with Crippen molar-refractivity contribution in [2.24, 2.45) is 0 Å². The van der Waals surface area contributed by atoms with Crippen LogP contribution in [0, 0.1) is 5.82 Å². The van der Waals surface area contributed by atoms with Crippen molar-refractivity contribution < 1.29 is 14.3 Å². The van der Waals surface area contributed by atoms with Gasteiger partial charge in [0.05, 0.1) is 0 Å². The quantitative estimate of drug-likeness (QED) is 0.745. The van der Waals surface area contributed by atoms with E-state index in [4.69, 9.17) is 16.7 Å². The van der Waals surface area contributed by atoms with Crippen molar-refractivity contribution >= 4 is 23.6 Å². The smallest absolute Gasteiger partial charge is 0.328 e. The molecule has 0 unspecified atom stereocenters. The highest BCUT2D eigenvalue weighted by molar-refractivity contribution is 6.30. The second kappa shape index (κ2) is 4.05. The maximum Gasteiger partial charge on any atom is 0.328 e. The van der Waals surface area contributed by atoms with Gasteiger partial charge >= 0.3 is 5.97 Å². The molecule has 1 N–H and O–H groups in total. The number of aliphatic carboxylic acids is 1. The van der Waals surface area contributed by atoms with Gasteiger partial charge in [-0.2, -0.15) is 0 Å². The zero-order valence-electron chi connectivity index (χ0n) is 6.50. The summed E-state index contributed by atoms with van der Waals surface area (Å²) in [5.74, 6) is -1.62. The van der Waals surface area contributed by atoms with Crippen LogP contribution in [0.25, 0.3) is 6.08 Å². The number of benzene rings is 1. The number of carbonyl (C=O) groups is 1. The highest BCUT2D eigenvalue weighted by Crippen LogP contribution is 2.15. The van der Waals surface area contributed by atoms with Gasteiger partial charge in [0.2, 0.25) is 0 Å². The van der Waals surface area contributed by atoms with Crippen molar-refractivity contribution in [1.29, 1.82) is 0 Å². The Morgan fingerprint density at radius 1 is 1.54 bits per heavy atom. The molecule has 1 aromatic rings. The predicted molar refractivity (Wildman–Crippen MR) is 48.1 cm³/mol. The molecule has 0 aliphatic heterocycles. The molecular formula is C9H6ClFO2. The molecule has 0 saturated carbocycles. The van der Waals surface area contributed by atoms with Crippen LogP contribution < -0.4 is 0 Å². The maximum absolute atomic E-state index is 12.9. The lowest BCUT2D eigenvalue weighted by molar-refractivity contribution is -0.131. The summed E-state index contributed by atoms with van der Waals surface area (Å²) in [6, 6.07) is 3.94. The van der Waals surface area contributed by atoms with Crippen molar-refractivity contribution in [2.45, 2.75) is 0 Å². The Bertz CT molecular complexity index is 361. The van der Waals surface area contributed by atoms with Crippen molar-refractivity contribution in [3.8, 4) is 0 Å². The first-order valence-corrected chi connectivity index (χ1v) is 3.83. The summed E-state index contributed by atoms with van der Waals surface area (Å²) in [7, 11) is 0. The molecule has 0 aromatic heterocycles. The third-order valence-corrected chi connectivity index (χ3v) is 1.60. The largest absolute Gasteiger partial charge is 0.478 e. The zero-order valence-corrected chi connectivity index (χ0v) is 7.25. The molecule has 68 valence electrons. The molecule has 1 aromatic carbocycles. The van der Waals surface area contributed by atoms with Crippen LogP contribution in [0.2, 0.25) is 5.02 Å². The molecule has 2 nitrogen and oxygen atoms in total. The van der Waals surface area contributed by atoms with Crippen molar-refractivity contribution in [3.63, 3.8) is 0 Å². The Morgan fingerprint density at radius 3 is 2.85 bits per heavy atom. The van der Waals surface area contributed by atoms with Crippen LogP contribution in [0.3, 0.4) is 0 Å². The van der Waals surface area contributed by atoms with Crippen LogP contribution >= 0.6 is 11.6 Å². The molecular weight excluding hydrogens is 195 g/mol. The topological polar surface area (TPSA) is 37.3 Å². The first-order valence-electron chi connectivity index (χ1n) is 3.45. The first-order chi connectivity index (χ1) is 6.09. The average molecular weight is 201 g/mol. The first kappa shape index (κ1) is 9.74. The van der Waals surface area contributed by atoms with Gasteiger partial charge in [0.15, 0.2) is 0 Å². The molecule has 0 fully saturated rings. The molecule has 13 heavy (non-hydrogen) atoms. The molecule has 0 amide bonds. The lowest BCUT2D eigenvalue weighted by atomic mass is 10.2. The summed E-state index contributed by atoms with van der Waals surface area (Å²) in [6.45, 7) is 0. The van der Waals surface area contributed by atoms with E-state index in [0.29, 0.717) is 5.02 Å². The Morgan fingerprint density at radius 2 is 2.23 bits per heavy atom.